The Labute approximate surface area is 194 Å². The number of carbonyl (C=O) groups is 2. The molecular weight excluding hydrogens is 425 g/mol. The van der Waals surface area contributed by atoms with Crippen molar-refractivity contribution in [1.82, 2.24) is 15.5 Å². The second-order valence-corrected chi connectivity index (χ2v) is 8.26. The number of hydrogen-bond acceptors (Lipinski definition) is 5. The SMILES string of the molecule is COC(=O)NCCOc1cc(C(=O)N(C(C)C)[C@@H]2CCCNC2)ccc1-c1ccccc1F. The lowest BCUT2D eigenvalue weighted by Gasteiger charge is -2.37. The van der Waals surface area contributed by atoms with Gasteiger partial charge in [0.05, 0.1) is 13.7 Å². The summed E-state index contributed by atoms with van der Waals surface area (Å²) >= 11 is 0. The van der Waals surface area contributed by atoms with Crippen LogP contribution in [-0.2, 0) is 4.74 Å². The van der Waals surface area contributed by atoms with Crippen LogP contribution < -0.4 is 15.4 Å². The van der Waals surface area contributed by atoms with E-state index < -0.39 is 6.09 Å². The highest BCUT2D eigenvalue weighted by molar-refractivity contribution is 5.96. The highest BCUT2D eigenvalue weighted by Gasteiger charge is 2.29. The highest BCUT2D eigenvalue weighted by atomic mass is 19.1. The summed E-state index contributed by atoms with van der Waals surface area (Å²) in [6.07, 6.45) is 1.41. The summed E-state index contributed by atoms with van der Waals surface area (Å²) in [5.41, 5.74) is 1.40. The molecule has 1 aliphatic rings. The molecule has 2 N–H and O–H groups in total. The number of nitrogens with one attached hydrogen (secondary N) is 2. The van der Waals surface area contributed by atoms with Gasteiger partial charge in [-0.25, -0.2) is 9.18 Å². The number of piperidine rings is 1. The Hall–Kier alpha value is -3.13. The van der Waals surface area contributed by atoms with E-state index in [0.717, 1.165) is 25.9 Å². The summed E-state index contributed by atoms with van der Waals surface area (Å²) in [6.45, 7) is 6.08. The van der Waals surface area contributed by atoms with Gasteiger partial charge < -0.3 is 25.0 Å². The fraction of sp³-hybridized carbons (Fsp3) is 0.440. The molecule has 178 valence electrons. The van der Waals surface area contributed by atoms with Gasteiger partial charge in [-0.3, -0.25) is 4.79 Å². The molecule has 0 aliphatic carbocycles. The third kappa shape index (κ3) is 6.22. The van der Waals surface area contributed by atoms with E-state index >= 15 is 0 Å². The number of halogens is 1. The largest absolute Gasteiger partial charge is 0.491 e. The lowest BCUT2D eigenvalue weighted by Crippen LogP contribution is -2.51. The van der Waals surface area contributed by atoms with Gasteiger partial charge in [-0.05, 0) is 57.5 Å². The zero-order valence-electron chi connectivity index (χ0n) is 19.4. The van der Waals surface area contributed by atoms with Crippen LogP contribution in [0.1, 0.15) is 37.0 Å². The summed E-state index contributed by atoms with van der Waals surface area (Å²) < 4.78 is 25.0. The topological polar surface area (TPSA) is 79.9 Å². The maximum Gasteiger partial charge on any atom is 0.406 e. The second-order valence-electron chi connectivity index (χ2n) is 8.26. The van der Waals surface area contributed by atoms with Crippen molar-refractivity contribution in [2.24, 2.45) is 0 Å². The van der Waals surface area contributed by atoms with Crippen LogP contribution in [0.25, 0.3) is 11.1 Å². The molecular formula is C25H32FN3O4. The van der Waals surface area contributed by atoms with Gasteiger partial charge in [0.25, 0.3) is 5.91 Å². The molecule has 0 radical (unpaired) electrons. The summed E-state index contributed by atoms with van der Waals surface area (Å²) in [5, 5.41) is 5.91. The number of nitrogens with zero attached hydrogens (tertiary/aromatic N) is 1. The van der Waals surface area contributed by atoms with Gasteiger partial charge in [0.2, 0.25) is 0 Å². The van der Waals surface area contributed by atoms with Crippen LogP contribution >= 0.6 is 0 Å². The smallest absolute Gasteiger partial charge is 0.406 e. The third-order valence-corrected chi connectivity index (χ3v) is 5.66. The number of ether oxygens (including phenoxy) is 2. The molecule has 7 nitrogen and oxygen atoms in total. The van der Waals surface area contributed by atoms with Gasteiger partial charge in [-0.2, -0.15) is 0 Å². The van der Waals surface area contributed by atoms with E-state index in [4.69, 9.17) is 4.74 Å². The Morgan fingerprint density at radius 3 is 2.67 bits per heavy atom. The molecule has 2 amide bonds. The Morgan fingerprint density at radius 2 is 2.00 bits per heavy atom. The van der Waals surface area contributed by atoms with Crippen LogP contribution in [-0.4, -0.2) is 62.3 Å². The van der Waals surface area contributed by atoms with Crippen molar-refractivity contribution in [2.75, 3.05) is 33.4 Å². The van der Waals surface area contributed by atoms with Gasteiger partial charge >= 0.3 is 6.09 Å². The molecule has 1 saturated heterocycles. The average Bonchev–Trinajstić information content (AvgIpc) is 2.82. The Morgan fingerprint density at radius 1 is 1.21 bits per heavy atom. The molecule has 0 saturated carbocycles. The van der Waals surface area contributed by atoms with Crippen LogP contribution in [0.2, 0.25) is 0 Å². The molecule has 0 bridgehead atoms. The third-order valence-electron chi connectivity index (χ3n) is 5.66. The maximum atomic E-state index is 14.5. The lowest BCUT2D eigenvalue weighted by atomic mass is 9.99. The number of hydrogen-bond donors (Lipinski definition) is 2. The highest BCUT2D eigenvalue weighted by Crippen LogP contribution is 2.33. The number of benzene rings is 2. The predicted molar refractivity (Wildman–Crippen MR) is 125 cm³/mol. The zero-order chi connectivity index (χ0) is 23.8. The summed E-state index contributed by atoms with van der Waals surface area (Å²) in [5.74, 6) is -0.0920. The molecule has 8 heteroatoms. The first kappa shape index (κ1) is 24.5. The van der Waals surface area contributed by atoms with Crippen molar-refractivity contribution < 1.29 is 23.5 Å². The zero-order valence-corrected chi connectivity index (χ0v) is 19.4. The minimum atomic E-state index is -0.564. The fourth-order valence-electron chi connectivity index (χ4n) is 4.11. The van der Waals surface area contributed by atoms with E-state index in [-0.39, 0.29) is 37.0 Å². The molecule has 33 heavy (non-hydrogen) atoms. The summed E-state index contributed by atoms with van der Waals surface area (Å²) in [4.78, 5) is 26.7. The first-order chi connectivity index (χ1) is 15.9. The van der Waals surface area contributed by atoms with E-state index in [2.05, 4.69) is 15.4 Å². The number of amides is 2. The standard InChI is InChI=1S/C25H32FN3O4/c1-17(2)29(19-7-6-12-27-16-19)24(30)18-10-11-21(20-8-4-5-9-22(20)26)23(15-18)33-14-13-28-25(31)32-3/h4-5,8-11,15,17,19,27H,6-7,12-14,16H2,1-3H3,(H,28,31)/t19-/m1/s1. The van der Waals surface area contributed by atoms with Crippen molar-refractivity contribution in [3.63, 3.8) is 0 Å². The van der Waals surface area contributed by atoms with Crippen LogP contribution in [0, 0.1) is 5.82 Å². The van der Waals surface area contributed by atoms with E-state index in [1.54, 1.807) is 36.4 Å². The summed E-state index contributed by atoms with van der Waals surface area (Å²) in [7, 11) is 1.28. The minimum absolute atomic E-state index is 0.0299. The fourth-order valence-corrected chi connectivity index (χ4v) is 4.11. The number of carbonyl (C=O) groups excluding carboxylic acids is 2. The molecule has 1 atom stereocenters. The van der Waals surface area contributed by atoms with Gasteiger partial charge in [0.1, 0.15) is 18.2 Å². The van der Waals surface area contributed by atoms with Crippen molar-refractivity contribution in [1.29, 1.82) is 0 Å². The molecule has 1 aliphatic heterocycles. The number of methoxy groups -OCH3 is 1. The minimum Gasteiger partial charge on any atom is -0.491 e. The van der Waals surface area contributed by atoms with E-state index in [9.17, 15) is 14.0 Å². The van der Waals surface area contributed by atoms with Crippen LogP contribution in [0.5, 0.6) is 5.75 Å². The number of rotatable bonds is 8. The molecule has 2 aromatic carbocycles. The lowest BCUT2D eigenvalue weighted by molar-refractivity contribution is 0.0573. The number of alkyl carbamates (subject to hydrolysis) is 1. The Bertz CT molecular complexity index is 960. The van der Waals surface area contributed by atoms with Crippen molar-refractivity contribution >= 4 is 12.0 Å². The second kappa shape index (κ2) is 11.7. The average molecular weight is 458 g/mol. The normalized spacial score (nSPS) is 15.7. The van der Waals surface area contributed by atoms with Crippen molar-refractivity contribution in [2.45, 2.75) is 38.8 Å². The van der Waals surface area contributed by atoms with Gasteiger partial charge in [0.15, 0.2) is 0 Å². The van der Waals surface area contributed by atoms with Gasteiger partial charge in [-0.1, -0.05) is 18.2 Å². The van der Waals surface area contributed by atoms with Crippen molar-refractivity contribution in [3.05, 3.63) is 53.8 Å². The predicted octanol–water partition coefficient (Wildman–Crippen LogP) is 3.83. The summed E-state index contributed by atoms with van der Waals surface area (Å²) in [6, 6.07) is 11.7. The van der Waals surface area contributed by atoms with E-state index in [0.29, 0.717) is 22.4 Å². The Kier molecular flexibility index (Phi) is 8.65. The van der Waals surface area contributed by atoms with Crippen LogP contribution in [0.3, 0.4) is 0 Å². The van der Waals surface area contributed by atoms with Crippen LogP contribution in [0.15, 0.2) is 42.5 Å². The molecule has 1 heterocycles. The molecule has 3 rings (SSSR count). The molecule has 2 aromatic rings. The Balaban J connectivity index is 1.89. The molecule has 0 aromatic heterocycles. The van der Waals surface area contributed by atoms with Crippen LogP contribution in [0.4, 0.5) is 9.18 Å². The quantitative estimate of drug-likeness (QED) is 0.589. The van der Waals surface area contributed by atoms with Gasteiger partial charge in [-0.15, -0.1) is 0 Å². The monoisotopic (exact) mass is 457 g/mol. The van der Waals surface area contributed by atoms with E-state index in [1.807, 2.05) is 18.7 Å². The molecule has 0 unspecified atom stereocenters. The van der Waals surface area contributed by atoms with Gasteiger partial charge in [0, 0.05) is 35.3 Å². The first-order valence-corrected chi connectivity index (χ1v) is 11.3. The van der Waals surface area contributed by atoms with E-state index in [1.165, 1.54) is 13.2 Å². The molecule has 1 fully saturated rings. The first-order valence-electron chi connectivity index (χ1n) is 11.3. The van der Waals surface area contributed by atoms with Crippen molar-refractivity contribution in [3.8, 4) is 16.9 Å². The molecule has 0 spiro atoms. The maximum absolute atomic E-state index is 14.5.